The molecule has 0 radical (unpaired) electrons. The van der Waals surface area contributed by atoms with Crippen molar-refractivity contribution in [3.05, 3.63) is 47.8 Å². The van der Waals surface area contributed by atoms with E-state index in [0.717, 1.165) is 5.69 Å². The molecule has 0 aromatic heterocycles. The number of nitrogens with zero attached hydrogens (tertiary/aromatic N) is 4. The molecule has 1 N–H and O–H groups in total. The van der Waals surface area contributed by atoms with Crippen molar-refractivity contribution in [2.75, 3.05) is 55.5 Å². The number of rotatable bonds is 4. The predicted molar refractivity (Wildman–Crippen MR) is 149 cm³/mol. The molecular weight excluding hydrogens is 542 g/mol. The lowest BCUT2D eigenvalue weighted by atomic mass is 9.95. The van der Waals surface area contributed by atoms with Crippen molar-refractivity contribution in [2.45, 2.75) is 32.1 Å². The van der Waals surface area contributed by atoms with E-state index in [0.29, 0.717) is 55.5 Å². The molecule has 0 bridgehead atoms. The van der Waals surface area contributed by atoms with Crippen LogP contribution in [-0.2, 0) is 9.59 Å². The van der Waals surface area contributed by atoms with Crippen molar-refractivity contribution in [2.24, 2.45) is 10.9 Å². The maximum atomic E-state index is 15.8. The van der Waals surface area contributed by atoms with Gasteiger partial charge < -0.3 is 19.9 Å². The fraction of sp³-hybridized carbons (Fsp3) is 0.414. The molecule has 5 rings (SSSR count). The van der Waals surface area contributed by atoms with Crippen LogP contribution in [0.25, 0.3) is 11.1 Å². The van der Waals surface area contributed by atoms with Crippen molar-refractivity contribution in [1.29, 1.82) is 0 Å². The highest BCUT2D eigenvalue weighted by atomic mass is 19.4. The first-order chi connectivity index (χ1) is 19.3. The van der Waals surface area contributed by atoms with Crippen molar-refractivity contribution in [1.82, 2.24) is 4.90 Å². The lowest BCUT2D eigenvalue weighted by molar-refractivity contribution is -0.124. The molecule has 1 saturated heterocycles. The molecule has 41 heavy (non-hydrogen) atoms. The van der Waals surface area contributed by atoms with Gasteiger partial charge in [-0.1, -0.05) is 6.07 Å². The van der Waals surface area contributed by atoms with E-state index in [1.807, 2.05) is 43.8 Å². The zero-order valence-corrected chi connectivity index (χ0v) is 23.1. The largest absolute Gasteiger partial charge is 0.490 e. The first-order valence-electron chi connectivity index (χ1n) is 13.3. The molecular formula is C29H31F4N5O3. The molecule has 8 nitrogen and oxygen atoms in total. The van der Waals surface area contributed by atoms with E-state index < -0.39 is 35.3 Å². The topological polar surface area (TPSA) is 77.5 Å². The van der Waals surface area contributed by atoms with Crippen LogP contribution in [0, 0.1) is 11.7 Å². The second kappa shape index (κ2) is 10.8. The molecule has 0 saturated carbocycles. The van der Waals surface area contributed by atoms with Gasteiger partial charge in [0, 0.05) is 50.1 Å². The monoisotopic (exact) mass is 573 g/mol. The van der Waals surface area contributed by atoms with Crippen LogP contribution < -0.4 is 19.9 Å². The summed E-state index contributed by atoms with van der Waals surface area (Å²) >= 11 is 0. The van der Waals surface area contributed by atoms with Crippen LogP contribution in [0.15, 0.2) is 47.0 Å². The Morgan fingerprint density at radius 3 is 2.46 bits per heavy atom. The molecule has 3 aliphatic heterocycles. The summed E-state index contributed by atoms with van der Waals surface area (Å²) in [7, 11) is 3.91. The van der Waals surface area contributed by atoms with Crippen LogP contribution in [0.2, 0.25) is 0 Å². The average molecular weight is 574 g/mol. The van der Waals surface area contributed by atoms with Gasteiger partial charge in [-0.05, 0) is 50.7 Å². The highest BCUT2D eigenvalue weighted by Gasteiger charge is 2.43. The van der Waals surface area contributed by atoms with Crippen molar-refractivity contribution in [3.8, 4) is 16.9 Å². The third-order valence-electron chi connectivity index (χ3n) is 7.98. The summed E-state index contributed by atoms with van der Waals surface area (Å²) in [5, 5.41) is 2.60. The van der Waals surface area contributed by atoms with Crippen molar-refractivity contribution < 1.29 is 31.9 Å². The minimum absolute atomic E-state index is 0.0936. The van der Waals surface area contributed by atoms with Gasteiger partial charge >= 0.3 is 6.18 Å². The third-order valence-corrected chi connectivity index (χ3v) is 7.98. The molecule has 2 aromatic carbocycles. The van der Waals surface area contributed by atoms with Gasteiger partial charge in [-0.15, -0.1) is 0 Å². The summed E-state index contributed by atoms with van der Waals surface area (Å²) in [6.07, 6.45) is -3.89. The Morgan fingerprint density at radius 1 is 1.07 bits per heavy atom. The number of hydrogen-bond acceptors (Lipinski definition) is 6. The number of hydrogen-bond donors (Lipinski definition) is 1. The van der Waals surface area contributed by atoms with Crippen LogP contribution in [0.3, 0.4) is 0 Å². The minimum Gasteiger partial charge on any atom is -0.490 e. The summed E-state index contributed by atoms with van der Waals surface area (Å²) in [4.78, 5) is 34.4. The van der Waals surface area contributed by atoms with Crippen LogP contribution in [0.1, 0.15) is 13.8 Å². The smallest absolute Gasteiger partial charge is 0.414 e. The standard InChI is InChI=1S/C29H31F4N5O3/c1-16-14-38(15-17(2)37(16)4)25-12-22(30)19(18-5-6-24-26(9-18)41-8-7-36(24)3)10-23(25)35-28(40)20-13-34-27(39)11-21(20)29(31,32)33/h5-6,9-13,16-17,20H,7-8,14-15H2,1-4H3,(H,35,40)/t16-,17+,20?. The second-order valence-electron chi connectivity index (χ2n) is 10.8. The Labute approximate surface area is 235 Å². The number of anilines is 3. The van der Waals surface area contributed by atoms with Crippen molar-refractivity contribution >= 4 is 35.1 Å². The molecule has 3 atom stereocenters. The van der Waals surface area contributed by atoms with E-state index in [1.165, 1.54) is 12.1 Å². The number of fused-ring (bicyclic) bond motifs is 1. The molecule has 0 aliphatic carbocycles. The van der Waals surface area contributed by atoms with E-state index >= 15 is 4.39 Å². The van der Waals surface area contributed by atoms with Gasteiger partial charge in [0.2, 0.25) is 5.91 Å². The maximum Gasteiger partial charge on any atom is 0.414 e. The highest BCUT2D eigenvalue weighted by molar-refractivity contribution is 6.11. The van der Waals surface area contributed by atoms with Crippen molar-refractivity contribution in [3.63, 3.8) is 0 Å². The summed E-state index contributed by atoms with van der Waals surface area (Å²) in [6.45, 7) is 6.23. The zero-order chi connectivity index (χ0) is 29.6. The number of piperazine rings is 1. The first-order valence-corrected chi connectivity index (χ1v) is 13.3. The molecule has 3 heterocycles. The summed E-state index contributed by atoms with van der Waals surface area (Å²) < 4.78 is 62.7. The van der Waals surface area contributed by atoms with Crippen LogP contribution in [0.4, 0.5) is 34.6 Å². The molecule has 2 aromatic rings. The Balaban J connectivity index is 1.56. The van der Waals surface area contributed by atoms with E-state index in [1.54, 1.807) is 12.1 Å². The van der Waals surface area contributed by atoms with Crippen LogP contribution in [0.5, 0.6) is 5.75 Å². The molecule has 12 heteroatoms. The Morgan fingerprint density at radius 2 is 1.78 bits per heavy atom. The molecule has 1 unspecified atom stereocenters. The fourth-order valence-corrected chi connectivity index (χ4v) is 5.44. The number of alkyl halides is 3. The fourth-order valence-electron chi connectivity index (χ4n) is 5.44. The molecule has 0 spiro atoms. The SMILES string of the molecule is C[C@@H]1CN(c2cc(F)c(-c3ccc4c(c3)OCCN4C)cc2NC(=O)C2C=NC(=O)C=C2C(F)(F)F)C[C@H](C)N1C. The van der Waals surface area contributed by atoms with E-state index in [-0.39, 0.29) is 23.3 Å². The third kappa shape index (κ3) is 5.65. The Bertz CT molecular complexity index is 1430. The number of aliphatic imine (C=N–C) groups is 1. The highest BCUT2D eigenvalue weighted by Crippen LogP contribution is 2.40. The molecule has 2 amide bonds. The number of nitrogens with one attached hydrogen (secondary N) is 1. The molecule has 1 fully saturated rings. The normalized spacial score (nSPS) is 23.2. The van der Waals surface area contributed by atoms with Gasteiger partial charge in [-0.3, -0.25) is 14.5 Å². The van der Waals surface area contributed by atoms with Gasteiger partial charge in [0.1, 0.15) is 24.1 Å². The number of dihydropyridines is 1. The number of halogens is 4. The number of amides is 2. The molecule has 218 valence electrons. The summed E-state index contributed by atoms with van der Waals surface area (Å²) in [5.74, 6) is -3.94. The van der Waals surface area contributed by atoms with Crippen LogP contribution >= 0.6 is 0 Å². The number of benzene rings is 2. The van der Waals surface area contributed by atoms with Gasteiger partial charge in [-0.25, -0.2) is 9.38 Å². The lowest BCUT2D eigenvalue weighted by Gasteiger charge is -2.44. The van der Waals surface area contributed by atoms with Gasteiger partial charge in [0.05, 0.1) is 29.2 Å². The average Bonchev–Trinajstić information content (AvgIpc) is 2.91. The Hall–Kier alpha value is -3.93. The number of carbonyl (C=O) groups excluding carboxylic acids is 2. The maximum absolute atomic E-state index is 15.8. The minimum atomic E-state index is -4.92. The number of likely N-dealkylation sites (N-methyl/N-ethyl adjacent to an activating group) is 2. The lowest BCUT2D eigenvalue weighted by Crippen LogP contribution is -2.55. The summed E-state index contributed by atoms with van der Waals surface area (Å²) in [5.41, 5.74) is 0.678. The predicted octanol–water partition coefficient (Wildman–Crippen LogP) is 4.50. The number of ether oxygens (including phenoxy) is 1. The number of carbonyl (C=O) groups is 2. The van der Waals surface area contributed by atoms with E-state index in [2.05, 4.69) is 15.2 Å². The molecule has 3 aliphatic rings. The first kappa shape index (κ1) is 28.6. The van der Waals surface area contributed by atoms with E-state index in [9.17, 15) is 22.8 Å². The zero-order valence-electron chi connectivity index (χ0n) is 23.1. The Kier molecular flexibility index (Phi) is 7.54. The van der Waals surface area contributed by atoms with Gasteiger partial charge in [-0.2, -0.15) is 13.2 Å². The van der Waals surface area contributed by atoms with Crippen LogP contribution in [-0.4, -0.2) is 81.5 Å². The quantitative estimate of drug-likeness (QED) is 0.543. The van der Waals surface area contributed by atoms with Gasteiger partial charge in [0.25, 0.3) is 5.91 Å². The second-order valence-corrected chi connectivity index (χ2v) is 10.8. The van der Waals surface area contributed by atoms with Gasteiger partial charge in [0.15, 0.2) is 0 Å². The summed E-state index contributed by atoms with van der Waals surface area (Å²) in [6, 6.07) is 8.19. The van der Waals surface area contributed by atoms with E-state index in [4.69, 9.17) is 4.74 Å².